The minimum atomic E-state index is -0.699. The third-order valence-electron chi connectivity index (χ3n) is 6.35. The van der Waals surface area contributed by atoms with E-state index in [2.05, 4.69) is 18.7 Å². The van der Waals surface area contributed by atoms with Crippen LogP contribution in [0.25, 0.3) is 0 Å². The molecule has 2 saturated heterocycles. The van der Waals surface area contributed by atoms with Crippen LogP contribution in [-0.4, -0.2) is 57.7 Å². The molecule has 2 fully saturated rings. The van der Waals surface area contributed by atoms with Gasteiger partial charge in [0.05, 0.1) is 16.3 Å². The number of anilines is 1. The van der Waals surface area contributed by atoms with Crippen molar-refractivity contribution in [1.29, 1.82) is 0 Å². The molecule has 2 aliphatic rings. The summed E-state index contributed by atoms with van der Waals surface area (Å²) in [5, 5.41) is -0.293. The summed E-state index contributed by atoms with van der Waals surface area (Å²) in [6.45, 7) is 5.64. The van der Waals surface area contributed by atoms with Crippen LogP contribution in [0.5, 0.6) is 0 Å². The molecule has 0 unspecified atom stereocenters. The van der Waals surface area contributed by atoms with Gasteiger partial charge < -0.3 is 9.64 Å². The fourth-order valence-electron chi connectivity index (χ4n) is 4.70. The molecule has 194 valence electrons. The Kier molecular flexibility index (Phi) is 8.67. The molecule has 2 amide bonds. The Bertz CT molecular complexity index is 1230. The number of hydrogen-bond acceptors (Lipinski definition) is 7. The van der Waals surface area contributed by atoms with Gasteiger partial charge in [-0.25, -0.2) is 9.69 Å². The third-order valence-corrected chi connectivity index (χ3v) is 8.33. The largest absolute Gasteiger partial charge is 0.454 e. The Morgan fingerprint density at radius 2 is 1.70 bits per heavy atom. The number of imide groups is 1. The number of Topliss-reactive ketones (excluding diaryl/α,β-unsaturated/α-hetero) is 1. The number of ketones is 1. The van der Waals surface area contributed by atoms with E-state index in [1.165, 1.54) is 36.0 Å². The topological polar surface area (TPSA) is 84.0 Å². The lowest BCUT2D eigenvalue weighted by molar-refractivity contribution is -0.121. The van der Waals surface area contributed by atoms with Crippen LogP contribution in [-0.2, 0) is 14.3 Å². The fourth-order valence-corrected chi connectivity index (χ4v) is 6.41. The number of piperidine rings is 1. The second-order valence-electron chi connectivity index (χ2n) is 9.52. The maximum Gasteiger partial charge on any atom is 0.338 e. The molecule has 0 N–H and O–H groups in total. The van der Waals surface area contributed by atoms with Crippen LogP contribution >= 0.6 is 35.6 Å². The summed E-state index contributed by atoms with van der Waals surface area (Å²) in [7, 11) is 0. The van der Waals surface area contributed by atoms with Crippen LogP contribution in [0.15, 0.2) is 48.5 Å². The first kappa shape index (κ1) is 27.3. The predicted molar refractivity (Wildman–Crippen MR) is 148 cm³/mol. The van der Waals surface area contributed by atoms with Crippen LogP contribution in [0.2, 0.25) is 5.02 Å². The number of rotatable bonds is 6. The number of ether oxygens (including phenoxy) is 1. The van der Waals surface area contributed by atoms with Gasteiger partial charge in [0.25, 0.3) is 0 Å². The van der Waals surface area contributed by atoms with Crippen molar-refractivity contribution in [3.05, 3.63) is 64.7 Å². The first-order valence-electron chi connectivity index (χ1n) is 12.0. The van der Waals surface area contributed by atoms with Gasteiger partial charge in [0.1, 0.15) is 9.57 Å². The van der Waals surface area contributed by atoms with Crippen molar-refractivity contribution in [1.82, 2.24) is 4.90 Å². The molecule has 0 aromatic heterocycles. The molecule has 0 saturated carbocycles. The van der Waals surface area contributed by atoms with Gasteiger partial charge in [0.15, 0.2) is 6.61 Å². The number of halogens is 1. The van der Waals surface area contributed by atoms with E-state index < -0.39 is 23.6 Å². The number of benzene rings is 2. The monoisotopic (exact) mass is 558 g/mol. The summed E-state index contributed by atoms with van der Waals surface area (Å²) in [5.74, 6) is -0.700. The molecule has 37 heavy (non-hydrogen) atoms. The van der Waals surface area contributed by atoms with E-state index >= 15 is 0 Å². The van der Waals surface area contributed by atoms with Crippen LogP contribution in [0.3, 0.4) is 0 Å². The number of thioether (sulfide) groups is 1. The lowest BCUT2D eigenvalue weighted by Crippen LogP contribution is -2.41. The van der Waals surface area contributed by atoms with E-state index in [9.17, 15) is 19.2 Å². The number of thiocarbonyl (C=S) groups is 1. The van der Waals surface area contributed by atoms with Gasteiger partial charge in [-0.1, -0.05) is 61.6 Å². The molecule has 2 aromatic carbocycles. The van der Waals surface area contributed by atoms with E-state index in [0.29, 0.717) is 21.8 Å². The van der Waals surface area contributed by atoms with Crippen molar-refractivity contribution in [2.24, 2.45) is 11.8 Å². The molecule has 10 heteroatoms. The maximum atomic E-state index is 13.1. The lowest BCUT2D eigenvalue weighted by Gasteiger charge is -2.36. The van der Waals surface area contributed by atoms with Crippen LogP contribution in [0.1, 0.15) is 47.4 Å². The number of hydrogen-bond donors (Lipinski definition) is 0. The van der Waals surface area contributed by atoms with Gasteiger partial charge in [-0.3, -0.25) is 14.4 Å². The smallest absolute Gasteiger partial charge is 0.338 e. The van der Waals surface area contributed by atoms with Gasteiger partial charge >= 0.3 is 5.97 Å². The van der Waals surface area contributed by atoms with E-state index in [4.69, 9.17) is 28.6 Å². The molecule has 2 aliphatic heterocycles. The second kappa shape index (κ2) is 11.8. The van der Waals surface area contributed by atoms with Crippen molar-refractivity contribution < 1.29 is 23.9 Å². The Balaban J connectivity index is 1.35. The predicted octanol–water partition coefficient (Wildman–Crippen LogP) is 5.01. The van der Waals surface area contributed by atoms with Crippen molar-refractivity contribution in [3.63, 3.8) is 0 Å². The summed E-state index contributed by atoms with van der Waals surface area (Å²) >= 11 is 12.9. The first-order valence-corrected chi connectivity index (χ1v) is 13.7. The SMILES string of the molecule is C[C@@H]1C[C@H](C)CN(C(=S)S[C@H]2CC(=O)N(c3ccc(C(=O)OCC(=O)c4ccccc4Cl)cc3)C2=O)C1. The summed E-state index contributed by atoms with van der Waals surface area (Å²) in [6, 6.07) is 12.5. The van der Waals surface area contributed by atoms with Crippen molar-refractivity contribution >= 4 is 69.2 Å². The number of esters is 1. The maximum absolute atomic E-state index is 13.1. The number of carbonyl (C=O) groups is 4. The van der Waals surface area contributed by atoms with E-state index in [-0.39, 0.29) is 34.4 Å². The highest BCUT2D eigenvalue weighted by molar-refractivity contribution is 8.23. The van der Waals surface area contributed by atoms with Gasteiger partial charge in [-0.2, -0.15) is 0 Å². The highest BCUT2D eigenvalue weighted by atomic mass is 35.5. The Labute approximate surface area is 230 Å². The zero-order valence-corrected chi connectivity index (χ0v) is 22.9. The van der Waals surface area contributed by atoms with Gasteiger partial charge in [-0.15, -0.1) is 0 Å². The average Bonchev–Trinajstić information content (AvgIpc) is 3.14. The Morgan fingerprint density at radius 1 is 1.05 bits per heavy atom. The molecular formula is C27H27ClN2O5S2. The van der Waals surface area contributed by atoms with E-state index in [1.54, 1.807) is 24.3 Å². The lowest BCUT2D eigenvalue weighted by atomic mass is 9.92. The van der Waals surface area contributed by atoms with Crippen LogP contribution < -0.4 is 4.90 Å². The molecule has 0 spiro atoms. The van der Waals surface area contributed by atoms with Crippen LogP contribution in [0.4, 0.5) is 5.69 Å². The van der Waals surface area contributed by atoms with Crippen molar-refractivity contribution in [2.75, 3.05) is 24.6 Å². The average molecular weight is 559 g/mol. The molecule has 2 aromatic rings. The minimum Gasteiger partial charge on any atom is -0.454 e. The number of carbonyl (C=O) groups excluding carboxylic acids is 4. The standard InChI is InChI=1S/C27H27ClN2O5S2/c1-16-11-17(2)14-29(13-16)27(36)37-23-12-24(32)30(25(23)33)19-9-7-18(8-10-19)26(34)35-15-22(31)20-5-3-4-6-21(20)28/h3-10,16-17,23H,11-15H2,1-2H3/t16-,17+,23-/m0/s1. The first-order chi connectivity index (χ1) is 17.6. The normalized spacial score (nSPS) is 21.8. The number of amides is 2. The molecule has 7 nitrogen and oxygen atoms in total. The highest BCUT2D eigenvalue weighted by Crippen LogP contribution is 2.33. The summed E-state index contributed by atoms with van der Waals surface area (Å²) in [5.41, 5.74) is 0.831. The van der Waals surface area contributed by atoms with E-state index in [1.807, 2.05) is 0 Å². The highest BCUT2D eigenvalue weighted by Gasteiger charge is 2.41. The summed E-state index contributed by atoms with van der Waals surface area (Å²) in [6.07, 6.45) is 1.22. The van der Waals surface area contributed by atoms with Crippen LogP contribution in [0, 0.1) is 11.8 Å². The molecule has 3 atom stereocenters. The van der Waals surface area contributed by atoms with Gasteiger partial charge in [0, 0.05) is 25.1 Å². The fraction of sp³-hybridized carbons (Fsp3) is 0.370. The van der Waals surface area contributed by atoms with Gasteiger partial charge in [0.2, 0.25) is 17.6 Å². The number of nitrogens with zero attached hydrogens (tertiary/aromatic N) is 2. The second-order valence-corrected chi connectivity index (χ2v) is 11.8. The summed E-state index contributed by atoms with van der Waals surface area (Å²) in [4.78, 5) is 53.8. The molecule has 2 heterocycles. The third kappa shape index (κ3) is 6.40. The van der Waals surface area contributed by atoms with Crippen molar-refractivity contribution in [2.45, 2.75) is 31.9 Å². The van der Waals surface area contributed by atoms with Gasteiger partial charge in [-0.05, 0) is 54.7 Å². The summed E-state index contributed by atoms with van der Waals surface area (Å²) < 4.78 is 5.77. The zero-order valence-electron chi connectivity index (χ0n) is 20.5. The molecule has 0 bridgehead atoms. The minimum absolute atomic E-state index is 0.0660. The molecule has 4 rings (SSSR count). The molecule has 0 aliphatic carbocycles. The molecular weight excluding hydrogens is 532 g/mol. The zero-order chi connectivity index (χ0) is 26.7. The van der Waals surface area contributed by atoms with E-state index in [0.717, 1.165) is 24.4 Å². The quantitative estimate of drug-likeness (QED) is 0.212. The van der Waals surface area contributed by atoms with Crippen molar-refractivity contribution in [3.8, 4) is 0 Å². The Hall–Kier alpha value is -2.75. The molecule has 0 radical (unpaired) electrons. The Morgan fingerprint density at radius 3 is 2.35 bits per heavy atom. The number of likely N-dealkylation sites (tertiary alicyclic amines) is 1.